The van der Waals surface area contributed by atoms with Crippen molar-refractivity contribution < 1.29 is 0 Å². The maximum absolute atomic E-state index is 6.05. The Bertz CT molecular complexity index is 620. The summed E-state index contributed by atoms with van der Waals surface area (Å²) in [7, 11) is 4.07. The van der Waals surface area contributed by atoms with Gasteiger partial charge < -0.3 is 0 Å². The molecule has 0 aliphatic carbocycles. The lowest BCUT2D eigenvalue weighted by molar-refractivity contribution is 0.317. The van der Waals surface area contributed by atoms with E-state index in [1.165, 1.54) is 11.3 Å². The van der Waals surface area contributed by atoms with Crippen molar-refractivity contribution in [2.75, 3.05) is 7.05 Å². The summed E-state index contributed by atoms with van der Waals surface area (Å²) in [5.74, 6) is 0. The first-order valence-corrected chi connectivity index (χ1v) is 7.25. The third kappa shape index (κ3) is 3.35. The largest absolute Gasteiger partial charge is 0.298 e. The molecule has 3 nitrogen and oxygen atoms in total. The first-order chi connectivity index (χ1) is 9.38. The minimum Gasteiger partial charge on any atom is -0.298 e. The predicted molar refractivity (Wildman–Crippen MR) is 84.3 cm³/mol. The SMILES string of the molecule is Cc1nn(C)c(C)c1CN(C)Cc1ccc(Cl)c(Cl)c1. The third-order valence-corrected chi connectivity index (χ3v) is 4.26. The summed E-state index contributed by atoms with van der Waals surface area (Å²) in [5.41, 5.74) is 4.74. The van der Waals surface area contributed by atoms with Crippen molar-refractivity contribution >= 4 is 23.2 Å². The van der Waals surface area contributed by atoms with E-state index in [4.69, 9.17) is 23.2 Å². The Hall–Kier alpha value is -1.03. The minimum absolute atomic E-state index is 0.594. The Kier molecular flexibility index (Phi) is 4.74. The van der Waals surface area contributed by atoms with Crippen molar-refractivity contribution in [2.24, 2.45) is 7.05 Å². The summed E-state index contributed by atoms with van der Waals surface area (Å²) in [6.45, 7) is 5.84. The van der Waals surface area contributed by atoms with Crippen LogP contribution in [0.3, 0.4) is 0 Å². The third-order valence-electron chi connectivity index (χ3n) is 3.52. The number of hydrogen-bond acceptors (Lipinski definition) is 2. The average Bonchev–Trinajstić information content (AvgIpc) is 2.61. The van der Waals surface area contributed by atoms with Gasteiger partial charge >= 0.3 is 0 Å². The lowest BCUT2D eigenvalue weighted by Crippen LogP contribution is -2.18. The van der Waals surface area contributed by atoms with Crippen LogP contribution in [0.15, 0.2) is 18.2 Å². The van der Waals surface area contributed by atoms with Gasteiger partial charge in [-0.2, -0.15) is 5.10 Å². The first kappa shape index (κ1) is 15.4. The number of benzene rings is 1. The second-order valence-electron chi connectivity index (χ2n) is 5.19. The van der Waals surface area contributed by atoms with Crippen LogP contribution in [0, 0.1) is 13.8 Å². The van der Waals surface area contributed by atoms with Crippen LogP contribution in [0.1, 0.15) is 22.5 Å². The van der Waals surface area contributed by atoms with Crippen molar-refractivity contribution in [1.29, 1.82) is 0 Å². The smallest absolute Gasteiger partial charge is 0.0641 e. The Morgan fingerprint density at radius 1 is 1.15 bits per heavy atom. The lowest BCUT2D eigenvalue weighted by atomic mass is 10.1. The topological polar surface area (TPSA) is 21.1 Å². The van der Waals surface area contributed by atoms with E-state index < -0.39 is 0 Å². The molecule has 1 heterocycles. The molecular formula is C15H19Cl2N3. The van der Waals surface area contributed by atoms with Crippen molar-refractivity contribution in [3.05, 3.63) is 50.8 Å². The van der Waals surface area contributed by atoms with Crippen LogP contribution >= 0.6 is 23.2 Å². The van der Waals surface area contributed by atoms with Gasteiger partial charge in [-0.15, -0.1) is 0 Å². The summed E-state index contributed by atoms with van der Waals surface area (Å²) >= 11 is 12.0. The van der Waals surface area contributed by atoms with Gasteiger partial charge in [-0.3, -0.25) is 9.58 Å². The van der Waals surface area contributed by atoms with E-state index in [-0.39, 0.29) is 0 Å². The van der Waals surface area contributed by atoms with E-state index in [9.17, 15) is 0 Å². The summed E-state index contributed by atoms with van der Waals surface area (Å²) in [5, 5.41) is 5.65. The second kappa shape index (κ2) is 6.17. The molecule has 1 aromatic carbocycles. The Morgan fingerprint density at radius 2 is 1.85 bits per heavy atom. The molecule has 5 heteroatoms. The maximum atomic E-state index is 6.05. The molecule has 1 aromatic heterocycles. The molecule has 0 unspecified atom stereocenters. The molecule has 0 bridgehead atoms. The van der Waals surface area contributed by atoms with Gasteiger partial charge in [-0.25, -0.2) is 0 Å². The standard InChI is InChI=1S/C15H19Cl2N3/c1-10-13(11(2)20(4)18-10)9-19(3)8-12-5-6-14(16)15(17)7-12/h5-7H,8-9H2,1-4H3. The van der Waals surface area contributed by atoms with Crippen molar-refractivity contribution in [3.63, 3.8) is 0 Å². The minimum atomic E-state index is 0.594. The van der Waals surface area contributed by atoms with Gasteiger partial charge in [0.1, 0.15) is 0 Å². The van der Waals surface area contributed by atoms with Gasteiger partial charge in [0, 0.05) is 31.4 Å². The van der Waals surface area contributed by atoms with Crippen LogP contribution in [0.5, 0.6) is 0 Å². The van der Waals surface area contributed by atoms with Gasteiger partial charge in [0.25, 0.3) is 0 Å². The number of aryl methyl sites for hydroxylation is 2. The van der Waals surface area contributed by atoms with Gasteiger partial charge in [0.2, 0.25) is 0 Å². The molecule has 20 heavy (non-hydrogen) atoms. The average molecular weight is 312 g/mol. The Morgan fingerprint density at radius 3 is 2.40 bits per heavy atom. The normalized spacial score (nSPS) is 11.3. The quantitative estimate of drug-likeness (QED) is 0.851. The number of rotatable bonds is 4. The summed E-state index contributed by atoms with van der Waals surface area (Å²) in [4.78, 5) is 2.25. The van der Waals surface area contributed by atoms with Crippen molar-refractivity contribution in [3.8, 4) is 0 Å². The van der Waals surface area contributed by atoms with E-state index in [2.05, 4.69) is 30.9 Å². The molecule has 0 aliphatic heterocycles. The molecule has 0 amide bonds. The lowest BCUT2D eigenvalue weighted by Gasteiger charge is -2.17. The zero-order chi connectivity index (χ0) is 14.9. The fourth-order valence-corrected chi connectivity index (χ4v) is 2.64. The molecule has 0 aliphatic rings. The van der Waals surface area contributed by atoms with Crippen molar-refractivity contribution in [2.45, 2.75) is 26.9 Å². The zero-order valence-electron chi connectivity index (χ0n) is 12.2. The van der Waals surface area contributed by atoms with Crippen LogP contribution in [-0.2, 0) is 20.1 Å². The van der Waals surface area contributed by atoms with Gasteiger partial charge in [0.05, 0.1) is 15.7 Å². The Labute approximate surface area is 130 Å². The molecule has 0 spiro atoms. The molecule has 0 atom stereocenters. The van der Waals surface area contributed by atoms with Crippen LogP contribution in [0.25, 0.3) is 0 Å². The molecule has 108 valence electrons. The number of halogens is 2. The number of aromatic nitrogens is 2. The highest BCUT2D eigenvalue weighted by molar-refractivity contribution is 6.42. The molecule has 2 aromatic rings. The maximum Gasteiger partial charge on any atom is 0.0641 e. The first-order valence-electron chi connectivity index (χ1n) is 6.50. The summed E-state index contributed by atoms with van der Waals surface area (Å²) in [6.07, 6.45) is 0. The number of nitrogens with zero attached hydrogens (tertiary/aromatic N) is 3. The van der Waals surface area contributed by atoms with Crippen LogP contribution in [0.2, 0.25) is 10.0 Å². The zero-order valence-corrected chi connectivity index (χ0v) is 13.8. The highest BCUT2D eigenvalue weighted by atomic mass is 35.5. The molecule has 0 fully saturated rings. The van der Waals surface area contributed by atoms with Gasteiger partial charge in [-0.1, -0.05) is 29.3 Å². The van der Waals surface area contributed by atoms with Crippen molar-refractivity contribution in [1.82, 2.24) is 14.7 Å². The van der Waals surface area contributed by atoms with E-state index in [1.54, 1.807) is 0 Å². The highest BCUT2D eigenvalue weighted by Crippen LogP contribution is 2.23. The fourth-order valence-electron chi connectivity index (χ4n) is 2.32. The molecular weight excluding hydrogens is 293 g/mol. The monoisotopic (exact) mass is 311 g/mol. The molecule has 0 saturated heterocycles. The second-order valence-corrected chi connectivity index (χ2v) is 6.01. The van der Waals surface area contributed by atoms with E-state index >= 15 is 0 Å². The van der Waals surface area contributed by atoms with Crippen LogP contribution in [0.4, 0.5) is 0 Å². The predicted octanol–water partition coefficient (Wildman–Crippen LogP) is 3.98. The van der Waals surface area contributed by atoms with Gasteiger partial charge in [-0.05, 0) is 38.6 Å². The highest BCUT2D eigenvalue weighted by Gasteiger charge is 2.12. The molecule has 2 rings (SSSR count). The molecule has 0 radical (unpaired) electrons. The summed E-state index contributed by atoms with van der Waals surface area (Å²) < 4.78 is 1.93. The van der Waals surface area contributed by atoms with E-state index in [1.807, 2.05) is 29.9 Å². The molecule has 0 N–H and O–H groups in total. The fraction of sp³-hybridized carbons (Fsp3) is 0.400. The van der Waals surface area contributed by atoms with E-state index in [0.29, 0.717) is 10.0 Å². The number of hydrogen-bond donors (Lipinski definition) is 0. The van der Waals surface area contributed by atoms with Crippen LogP contribution in [-0.4, -0.2) is 21.7 Å². The molecule has 0 saturated carbocycles. The Balaban J connectivity index is 2.08. The van der Waals surface area contributed by atoms with E-state index in [0.717, 1.165) is 24.3 Å². The van der Waals surface area contributed by atoms with Crippen LogP contribution < -0.4 is 0 Å². The summed E-state index contributed by atoms with van der Waals surface area (Å²) in [6, 6.07) is 5.77. The van der Waals surface area contributed by atoms with Gasteiger partial charge in [0.15, 0.2) is 0 Å².